The number of nitrogens with zero attached hydrogens (tertiary/aromatic N) is 1. The molecular weight excluding hydrogens is 140 g/mol. The summed E-state index contributed by atoms with van der Waals surface area (Å²) in [4.78, 5) is 12.6. The number of aldehydes is 1. The van der Waals surface area contributed by atoms with Gasteiger partial charge in [-0.15, -0.1) is 0 Å². The Kier molecular flexibility index (Phi) is 4.30. The first kappa shape index (κ1) is 10.6. The number of likely N-dealkylation sites (N-methyl/N-ethyl adjacent to an activating group) is 2. The van der Waals surface area contributed by atoms with E-state index in [0.29, 0.717) is 0 Å². The van der Waals surface area contributed by atoms with Gasteiger partial charge in [0.25, 0.3) is 0 Å². The highest BCUT2D eigenvalue weighted by molar-refractivity contribution is 5.62. The maximum Gasteiger partial charge on any atom is 0.139 e. The number of rotatable bonds is 5. The zero-order valence-electron chi connectivity index (χ0n) is 7.85. The van der Waals surface area contributed by atoms with E-state index in [0.717, 1.165) is 19.4 Å². The third kappa shape index (κ3) is 3.49. The lowest BCUT2D eigenvalue weighted by atomic mass is 10.1. The normalized spacial score (nSPS) is 12.1. The molecule has 0 bridgehead atoms. The Morgan fingerprint density at radius 2 is 2.09 bits per heavy atom. The first-order valence-corrected chi connectivity index (χ1v) is 3.86. The predicted octanol–water partition coefficient (Wildman–Crippen LogP) is 0.115. The van der Waals surface area contributed by atoms with Crippen LogP contribution in [0, 0.1) is 0 Å². The van der Waals surface area contributed by atoms with Crippen molar-refractivity contribution in [3.05, 3.63) is 0 Å². The molecule has 0 saturated heterocycles. The van der Waals surface area contributed by atoms with E-state index in [4.69, 9.17) is 0 Å². The van der Waals surface area contributed by atoms with Crippen LogP contribution in [-0.2, 0) is 4.79 Å². The van der Waals surface area contributed by atoms with Crippen molar-refractivity contribution in [2.45, 2.75) is 19.4 Å². The number of carbonyl (C=O) groups is 1. The van der Waals surface area contributed by atoms with E-state index in [1.165, 1.54) is 0 Å². The average molecular weight is 158 g/mol. The molecule has 3 heteroatoms. The molecule has 0 saturated carbocycles. The molecular formula is C8H18N2O. The van der Waals surface area contributed by atoms with Gasteiger partial charge in [0, 0.05) is 13.1 Å². The molecule has 3 nitrogen and oxygen atoms in total. The Bertz CT molecular complexity index is 123. The van der Waals surface area contributed by atoms with Crippen LogP contribution < -0.4 is 5.32 Å². The fourth-order valence-corrected chi connectivity index (χ4v) is 0.658. The minimum Gasteiger partial charge on any atom is -0.318 e. The summed E-state index contributed by atoms with van der Waals surface area (Å²) < 4.78 is 0. The van der Waals surface area contributed by atoms with E-state index in [-0.39, 0.29) is 5.54 Å². The highest BCUT2D eigenvalue weighted by atomic mass is 16.1. The molecule has 11 heavy (non-hydrogen) atoms. The Hall–Kier alpha value is -0.410. The zero-order chi connectivity index (χ0) is 8.91. The molecule has 0 atom stereocenters. The van der Waals surface area contributed by atoms with E-state index >= 15 is 0 Å². The minimum atomic E-state index is -0.336. The van der Waals surface area contributed by atoms with Crippen LogP contribution in [-0.4, -0.2) is 43.9 Å². The summed E-state index contributed by atoms with van der Waals surface area (Å²) in [5.41, 5.74) is -0.336. The van der Waals surface area contributed by atoms with Crippen molar-refractivity contribution in [2.75, 3.05) is 27.2 Å². The molecule has 0 rings (SSSR count). The molecule has 0 aromatic carbocycles. The maximum atomic E-state index is 10.6. The van der Waals surface area contributed by atoms with Crippen molar-refractivity contribution in [1.29, 1.82) is 0 Å². The highest BCUT2D eigenvalue weighted by Gasteiger charge is 2.21. The van der Waals surface area contributed by atoms with Crippen molar-refractivity contribution in [1.82, 2.24) is 10.2 Å². The Morgan fingerprint density at radius 1 is 1.55 bits per heavy atom. The number of hydrogen-bond donors (Lipinski definition) is 1. The van der Waals surface area contributed by atoms with Crippen LogP contribution in [0.4, 0.5) is 0 Å². The summed E-state index contributed by atoms with van der Waals surface area (Å²) in [6.45, 7) is 5.63. The van der Waals surface area contributed by atoms with E-state index < -0.39 is 0 Å². The zero-order valence-corrected chi connectivity index (χ0v) is 7.85. The molecule has 0 amide bonds. The topological polar surface area (TPSA) is 32.3 Å². The third-order valence-corrected chi connectivity index (χ3v) is 1.97. The third-order valence-electron chi connectivity index (χ3n) is 1.97. The van der Waals surface area contributed by atoms with Crippen LogP contribution in [0.1, 0.15) is 13.8 Å². The van der Waals surface area contributed by atoms with Gasteiger partial charge in [-0.1, -0.05) is 0 Å². The number of nitrogens with one attached hydrogen (secondary N) is 1. The quantitative estimate of drug-likeness (QED) is 0.577. The molecule has 0 fully saturated rings. The standard InChI is InChI=1S/C8H18N2O/c1-8(2,7-11)10(4)6-5-9-3/h7,9H,5-6H2,1-4H3. The summed E-state index contributed by atoms with van der Waals surface area (Å²) >= 11 is 0. The van der Waals surface area contributed by atoms with Crippen LogP contribution >= 0.6 is 0 Å². The van der Waals surface area contributed by atoms with Crippen LogP contribution in [0.2, 0.25) is 0 Å². The van der Waals surface area contributed by atoms with Gasteiger partial charge in [-0.2, -0.15) is 0 Å². The molecule has 0 aliphatic rings. The summed E-state index contributed by atoms with van der Waals surface area (Å²) in [7, 11) is 3.85. The van der Waals surface area contributed by atoms with Crippen LogP contribution in [0.15, 0.2) is 0 Å². The van der Waals surface area contributed by atoms with Gasteiger partial charge in [0.2, 0.25) is 0 Å². The SMILES string of the molecule is CNCCN(C)C(C)(C)C=O. The summed E-state index contributed by atoms with van der Waals surface area (Å²) in [6.07, 6.45) is 0.975. The van der Waals surface area contributed by atoms with Gasteiger partial charge in [0.1, 0.15) is 6.29 Å². The van der Waals surface area contributed by atoms with Crippen molar-refractivity contribution in [3.8, 4) is 0 Å². The lowest BCUT2D eigenvalue weighted by Gasteiger charge is -2.29. The second-order valence-corrected chi connectivity index (χ2v) is 3.30. The van der Waals surface area contributed by atoms with Gasteiger partial charge in [0.05, 0.1) is 5.54 Å². The summed E-state index contributed by atoms with van der Waals surface area (Å²) in [5, 5.41) is 3.04. The Labute approximate surface area is 68.8 Å². The molecule has 66 valence electrons. The van der Waals surface area contributed by atoms with Crippen LogP contribution in [0.3, 0.4) is 0 Å². The largest absolute Gasteiger partial charge is 0.318 e. The molecule has 0 aliphatic heterocycles. The Balaban J connectivity index is 3.80. The summed E-state index contributed by atoms with van der Waals surface area (Å²) in [5.74, 6) is 0. The molecule has 0 aromatic rings. The van der Waals surface area contributed by atoms with Gasteiger partial charge in [0.15, 0.2) is 0 Å². The van der Waals surface area contributed by atoms with Crippen LogP contribution in [0.5, 0.6) is 0 Å². The average Bonchev–Trinajstić information content (AvgIpc) is 2.00. The van der Waals surface area contributed by atoms with Gasteiger partial charge < -0.3 is 10.1 Å². The molecule has 0 aromatic heterocycles. The highest BCUT2D eigenvalue weighted by Crippen LogP contribution is 2.06. The Morgan fingerprint density at radius 3 is 2.45 bits per heavy atom. The van der Waals surface area contributed by atoms with Crippen molar-refractivity contribution in [2.24, 2.45) is 0 Å². The van der Waals surface area contributed by atoms with Gasteiger partial charge in [-0.3, -0.25) is 4.90 Å². The number of carbonyl (C=O) groups excluding carboxylic acids is 1. The second-order valence-electron chi connectivity index (χ2n) is 3.30. The summed E-state index contributed by atoms with van der Waals surface area (Å²) in [6, 6.07) is 0. The fourth-order valence-electron chi connectivity index (χ4n) is 0.658. The smallest absolute Gasteiger partial charge is 0.139 e. The van der Waals surface area contributed by atoms with Crippen molar-refractivity contribution in [3.63, 3.8) is 0 Å². The molecule has 0 unspecified atom stereocenters. The van der Waals surface area contributed by atoms with Crippen LogP contribution in [0.25, 0.3) is 0 Å². The van der Waals surface area contributed by atoms with E-state index in [1.807, 2.05) is 32.8 Å². The second kappa shape index (κ2) is 4.46. The van der Waals surface area contributed by atoms with Crippen molar-refractivity contribution >= 4 is 6.29 Å². The minimum absolute atomic E-state index is 0.336. The first-order chi connectivity index (χ1) is 5.04. The van der Waals surface area contributed by atoms with Gasteiger partial charge in [-0.25, -0.2) is 0 Å². The molecule has 0 aliphatic carbocycles. The molecule has 1 N–H and O–H groups in total. The molecule has 0 spiro atoms. The monoisotopic (exact) mass is 158 g/mol. The maximum absolute atomic E-state index is 10.6. The van der Waals surface area contributed by atoms with Crippen molar-refractivity contribution < 1.29 is 4.79 Å². The predicted molar refractivity (Wildman–Crippen MR) is 46.7 cm³/mol. The van der Waals surface area contributed by atoms with E-state index in [9.17, 15) is 4.79 Å². The first-order valence-electron chi connectivity index (χ1n) is 3.86. The van der Waals surface area contributed by atoms with Gasteiger partial charge in [-0.05, 0) is 27.9 Å². The number of hydrogen-bond acceptors (Lipinski definition) is 3. The van der Waals surface area contributed by atoms with E-state index in [1.54, 1.807) is 0 Å². The lowest BCUT2D eigenvalue weighted by molar-refractivity contribution is -0.116. The van der Waals surface area contributed by atoms with Gasteiger partial charge >= 0.3 is 0 Å². The lowest BCUT2D eigenvalue weighted by Crippen LogP contribution is -2.45. The molecule has 0 radical (unpaired) electrons. The molecule has 0 heterocycles. The van der Waals surface area contributed by atoms with E-state index in [2.05, 4.69) is 5.32 Å². The fraction of sp³-hybridized carbons (Fsp3) is 0.875.